The van der Waals surface area contributed by atoms with Gasteiger partial charge >= 0.3 is 0 Å². The van der Waals surface area contributed by atoms with E-state index in [4.69, 9.17) is 11.6 Å². The second-order valence-corrected chi connectivity index (χ2v) is 4.27. The Bertz CT molecular complexity index is 674. The van der Waals surface area contributed by atoms with Gasteiger partial charge in [-0.3, -0.25) is 14.9 Å². The summed E-state index contributed by atoms with van der Waals surface area (Å²) in [6.07, 6.45) is 0. The number of benzene rings is 2. The van der Waals surface area contributed by atoms with E-state index >= 15 is 0 Å². The van der Waals surface area contributed by atoms with Crippen LogP contribution in [0.4, 0.5) is 15.8 Å². The van der Waals surface area contributed by atoms with Gasteiger partial charge in [0.25, 0.3) is 11.6 Å². The molecule has 1 N–H and O–H groups in total. The minimum Gasteiger partial charge on any atom is -0.319 e. The Hall–Kier alpha value is -2.47. The lowest BCUT2D eigenvalue weighted by Gasteiger charge is -2.07. The predicted octanol–water partition coefficient (Wildman–Crippen LogP) is 3.64. The molecule has 0 aliphatic rings. The molecule has 5 nitrogen and oxygen atoms in total. The smallest absolute Gasteiger partial charge is 0.269 e. The highest BCUT2D eigenvalue weighted by atomic mass is 35.5. The maximum atomic E-state index is 13.6. The van der Waals surface area contributed by atoms with E-state index in [1.54, 1.807) is 0 Å². The Labute approximate surface area is 118 Å². The standard InChI is InChI=1S/C13H8ClFN2O3/c14-10-2-1-3-11(12(10)15)16-13(18)8-4-6-9(7-5-8)17(19)20/h1-7H,(H,16,18). The zero-order chi connectivity index (χ0) is 14.7. The number of nitrogens with zero attached hydrogens (tertiary/aromatic N) is 1. The normalized spacial score (nSPS) is 10.1. The van der Waals surface area contributed by atoms with Gasteiger partial charge < -0.3 is 5.32 Å². The van der Waals surface area contributed by atoms with E-state index < -0.39 is 16.6 Å². The average Bonchev–Trinajstić information content (AvgIpc) is 2.44. The van der Waals surface area contributed by atoms with Crippen molar-refractivity contribution in [1.29, 1.82) is 0 Å². The van der Waals surface area contributed by atoms with E-state index in [0.29, 0.717) is 0 Å². The molecule has 0 aromatic heterocycles. The Kier molecular flexibility index (Phi) is 3.95. The fourth-order valence-corrected chi connectivity index (χ4v) is 1.70. The van der Waals surface area contributed by atoms with Gasteiger partial charge in [-0.05, 0) is 24.3 Å². The Balaban J connectivity index is 2.20. The molecule has 0 unspecified atom stereocenters. The zero-order valence-electron chi connectivity index (χ0n) is 9.97. The predicted molar refractivity (Wildman–Crippen MR) is 72.5 cm³/mol. The minimum atomic E-state index is -0.732. The first-order valence-electron chi connectivity index (χ1n) is 5.49. The SMILES string of the molecule is O=C(Nc1cccc(Cl)c1F)c1ccc([N+](=O)[O-])cc1. The van der Waals surface area contributed by atoms with E-state index in [1.165, 1.54) is 42.5 Å². The number of non-ortho nitro benzene ring substituents is 1. The van der Waals surface area contributed by atoms with Gasteiger partial charge in [0.15, 0.2) is 5.82 Å². The van der Waals surface area contributed by atoms with Crippen LogP contribution >= 0.6 is 11.6 Å². The zero-order valence-corrected chi connectivity index (χ0v) is 10.7. The number of carbonyl (C=O) groups is 1. The fourth-order valence-electron chi connectivity index (χ4n) is 1.53. The molecule has 0 heterocycles. The average molecular weight is 295 g/mol. The van der Waals surface area contributed by atoms with Gasteiger partial charge in [0.05, 0.1) is 15.6 Å². The molecule has 0 aliphatic heterocycles. The first-order chi connectivity index (χ1) is 9.49. The Morgan fingerprint density at radius 2 is 1.85 bits per heavy atom. The maximum Gasteiger partial charge on any atom is 0.269 e. The summed E-state index contributed by atoms with van der Waals surface area (Å²) in [5.74, 6) is -1.31. The number of hydrogen-bond acceptors (Lipinski definition) is 3. The van der Waals surface area contributed by atoms with Gasteiger partial charge in [0, 0.05) is 17.7 Å². The first kappa shape index (κ1) is 14.0. The van der Waals surface area contributed by atoms with Gasteiger partial charge in [-0.1, -0.05) is 17.7 Å². The number of rotatable bonds is 3. The summed E-state index contributed by atoms with van der Waals surface area (Å²) in [6.45, 7) is 0. The largest absolute Gasteiger partial charge is 0.319 e. The summed E-state index contributed by atoms with van der Waals surface area (Å²) in [5, 5.41) is 12.7. The number of nitro groups is 1. The highest BCUT2D eigenvalue weighted by Gasteiger charge is 2.12. The van der Waals surface area contributed by atoms with E-state index in [2.05, 4.69) is 5.32 Å². The fraction of sp³-hybridized carbons (Fsp3) is 0. The lowest BCUT2D eigenvalue weighted by atomic mass is 10.2. The van der Waals surface area contributed by atoms with Gasteiger partial charge in [0.2, 0.25) is 0 Å². The highest BCUT2D eigenvalue weighted by molar-refractivity contribution is 6.31. The summed E-state index contributed by atoms with van der Waals surface area (Å²) in [6, 6.07) is 9.19. The van der Waals surface area contributed by atoms with Gasteiger partial charge in [-0.2, -0.15) is 0 Å². The molecule has 0 radical (unpaired) electrons. The van der Waals surface area contributed by atoms with Crippen molar-refractivity contribution in [3.8, 4) is 0 Å². The van der Waals surface area contributed by atoms with E-state index in [9.17, 15) is 19.3 Å². The van der Waals surface area contributed by atoms with Crippen molar-refractivity contribution in [1.82, 2.24) is 0 Å². The van der Waals surface area contributed by atoms with Crippen LogP contribution in [0.2, 0.25) is 5.02 Å². The van der Waals surface area contributed by atoms with Crippen LogP contribution in [0.1, 0.15) is 10.4 Å². The second-order valence-electron chi connectivity index (χ2n) is 3.86. The molecular weight excluding hydrogens is 287 g/mol. The molecule has 0 bridgehead atoms. The number of nitro benzene ring substituents is 1. The summed E-state index contributed by atoms with van der Waals surface area (Å²) in [7, 11) is 0. The maximum absolute atomic E-state index is 13.6. The number of halogens is 2. The third-order valence-corrected chi connectivity index (χ3v) is 2.83. The summed E-state index contributed by atoms with van der Waals surface area (Å²) < 4.78 is 13.6. The van der Waals surface area contributed by atoms with Crippen molar-refractivity contribution < 1.29 is 14.1 Å². The summed E-state index contributed by atoms with van der Waals surface area (Å²) in [4.78, 5) is 21.8. The summed E-state index contributed by atoms with van der Waals surface area (Å²) in [5.41, 5.74) is -0.00804. The van der Waals surface area contributed by atoms with Crippen LogP contribution in [0.15, 0.2) is 42.5 Å². The van der Waals surface area contributed by atoms with Crippen molar-refractivity contribution >= 4 is 28.9 Å². The molecule has 102 valence electrons. The molecule has 0 spiro atoms. The van der Waals surface area contributed by atoms with Crippen molar-refractivity contribution in [2.45, 2.75) is 0 Å². The van der Waals surface area contributed by atoms with Crippen molar-refractivity contribution in [3.63, 3.8) is 0 Å². The van der Waals surface area contributed by atoms with Crippen molar-refractivity contribution in [2.24, 2.45) is 0 Å². The first-order valence-corrected chi connectivity index (χ1v) is 5.86. The second kappa shape index (κ2) is 5.66. The minimum absolute atomic E-state index is 0.0548. The van der Waals surface area contributed by atoms with Crippen LogP contribution in [0.5, 0.6) is 0 Å². The van der Waals surface area contributed by atoms with Gasteiger partial charge in [-0.15, -0.1) is 0 Å². The third-order valence-electron chi connectivity index (χ3n) is 2.54. The van der Waals surface area contributed by atoms with E-state index in [-0.39, 0.29) is 22.0 Å². The molecule has 0 aliphatic carbocycles. The van der Waals surface area contributed by atoms with Crippen LogP contribution in [0, 0.1) is 15.9 Å². The lowest BCUT2D eigenvalue weighted by molar-refractivity contribution is -0.384. The molecule has 0 fully saturated rings. The van der Waals surface area contributed by atoms with Crippen molar-refractivity contribution in [3.05, 3.63) is 69.0 Å². The molecular formula is C13H8ClFN2O3. The molecule has 0 atom stereocenters. The number of carbonyl (C=O) groups excluding carboxylic acids is 1. The van der Waals surface area contributed by atoms with Crippen LogP contribution in [-0.2, 0) is 0 Å². The monoisotopic (exact) mass is 294 g/mol. The molecule has 2 aromatic carbocycles. The van der Waals surface area contributed by atoms with Gasteiger partial charge in [0.1, 0.15) is 0 Å². The number of anilines is 1. The highest BCUT2D eigenvalue weighted by Crippen LogP contribution is 2.22. The van der Waals surface area contributed by atoms with E-state index in [0.717, 1.165) is 0 Å². The van der Waals surface area contributed by atoms with Crippen LogP contribution in [0.25, 0.3) is 0 Å². The van der Waals surface area contributed by atoms with Crippen LogP contribution in [-0.4, -0.2) is 10.8 Å². The number of hydrogen-bond donors (Lipinski definition) is 1. The van der Waals surface area contributed by atoms with Crippen molar-refractivity contribution in [2.75, 3.05) is 5.32 Å². The molecule has 0 saturated carbocycles. The lowest BCUT2D eigenvalue weighted by Crippen LogP contribution is -2.13. The Morgan fingerprint density at radius 1 is 1.20 bits per heavy atom. The third kappa shape index (κ3) is 2.92. The van der Waals surface area contributed by atoms with Crippen LogP contribution in [0.3, 0.4) is 0 Å². The molecule has 7 heteroatoms. The molecule has 1 amide bonds. The molecule has 2 rings (SSSR count). The van der Waals surface area contributed by atoms with Gasteiger partial charge in [-0.25, -0.2) is 4.39 Å². The number of nitrogens with one attached hydrogen (secondary N) is 1. The van der Waals surface area contributed by atoms with Crippen LogP contribution < -0.4 is 5.32 Å². The number of amides is 1. The van der Waals surface area contributed by atoms with E-state index in [1.807, 2.05) is 0 Å². The summed E-state index contributed by atoms with van der Waals surface area (Å²) >= 11 is 5.60. The molecule has 20 heavy (non-hydrogen) atoms. The topological polar surface area (TPSA) is 72.2 Å². The quantitative estimate of drug-likeness (QED) is 0.694. The molecule has 0 saturated heterocycles. The Morgan fingerprint density at radius 3 is 2.45 bits per heavy atom. The molecule has 2 aromatic rings.